The molecule has 20 heavy (non-hydrogen) atoms. The molecule has 106 valence electrons. The highest BCUT2D eigenvalue weighted by Gasteiger charge is 2.34. The van der Waals surface area contributed by atoms with Crippen LogP contribution >= 0.6 is 0 Å². The zero-order valence-corrected chi connectivity index (χ0v) is 11.0. The van der Waals surface area contributed by atoms with E-state index in [2.05, 4.69) is 0 Å². The molecule has 0 N–H and O–H groups in total. The number of rotatable bonds is 3. The van der Waals surface area contributed by atoms with Crippen LogP contribution < -0.4 is 9.47 Å². The van der Waals surface area contributed by atoms with Crippen molar-refractivity contribution in [3.05, 3.63) is 48.0 Å². The molecule has 0 atom stereocenters. The maximum atomic E-state index is 13.1. The van der Waals surface area contributed by atoms with Crippen LogP contribution in [0.15, 0.2) is 42.5 Å². The molecule has 0 unspecified atom stereocenters. The molecule has 2 nitrogen and oxygen atoms in total. The molecule has 2 aromatic rings. The van der Waals surface area contributed by atoms with Crippen LogP contribution in [0.1, 0.15) is 5.56 Å². The van der Waals surface area contributed by atoms with Crippen molar-refractivity contribution >= 4 is 0 Å². The molecule has 5 heteroatoms. The van der Waals surface area contributed by atoms with Crippen LogP contribution in [0, 0.1) is 0 Å². The standard InChI is InChI=1S/C15H13F3O2/c1-19-10-7-8-13(15(16,17)18)12(9-10)11-5-3-4-6-14(11)20-2/h3-9H,1-2H3. The first-order valence-corrected chi connectivity index (χ1v) is 5.86. The molecule has 0 amide bonds. The molecule has 2 aromatic carbocycles. The SMILES string of the molecule is COc1ccc(C(F)(F)F)c(-c2ccccc2OC)c1. The Morgan fingerprint density at radius 1 is 0.850 bits per heavy atom. The Morgan fingerprint density at radius 3 is 2.15 bits per heavy atom. The van der Waals surface area contributed by atoms with E-state index in [0.29, 0.717) is 17.1 Å². The van der Waals surface area contributed by atoms with E-state index in [-0.39, 0.29) is 5.56 Å². The van der Waals surface area contributed by atoms with E-state index >= 15 is 0 Å². The van der Waals surface area contributed by atoms with Crippen LogP contribution in [-0.4, -0.2) is 14.2 Å². The van der Waals surface area contributed by atoms with Crippen molar-refractivity contribution in [2.75, 3.05) is 14.2 Å². The molecule has 0 radical (unpaired) electrons. The topological polar surface area (TPSA) is 18.5 Å². The molecular formula is C15H13F3O2. The van der Waals surface area contributed by atoms with Crippen LogP contribution in [0.2, 0.25) is 0 Å². The predicted octanol–water partition coefficient (Wildman–Crippen LogP) is 4.39. The van der Waals surface area contributed by atoms with Gasteiger partial charge in [0, 0.05) is 11.1 Å². The highest BCUT2D eigenvalue weighted by Crippen LogP contribution is 2.41. The van der Waals surface area contributed by atoms with Gasteiger partial charge in [0.15, 0.2) is 0 Å². The minimum absolute atomic E-state index is 0.0364. The first-order chi connectivity index (χ1) is 9.47. The first kappa shape index (κ1) is 14.2. The lowest BCUT2D eigenvalue weighted by atomic mass is 9.98. The van der Waals surface area contributed by atoms with Gasteiger partial charge in [-0.3, -0.25) is 0 Å². The third-order valence-electron chi connectivity index (χ3n) is 2.93. The molecule has 0 saturated carbocycles. The minimum atomic E-state index is -4.44. The molecule has 2 rings (SSSR count). The number of methoxy groups -OCH3 is 2. The number of hydrogen-bond acceptors (Lipinski definition) is 2. The van der Waals surface area contributed by atoms with Crippen LogP contribution in [0.4, 0.5) is 13.2 Å². The molecule has 0 aliphatic heterocycles. The second-order valence-electron chi connectivity index (χ2n) is 4.11. The molecule has 0 heterocycles. The minimum Gasteiger partial charge on any atom is -0.497 e. The van der Waals surface area contributed by atoms with Crippen molar-refractivity contribution < 1.29 is 22.6 Å². The summed E-state index contributed by atoms with van der Waals surface area (Å²) in [5.74, 6) is 0.741. The Balaban J connectivity index is 2.70. The number of alkyl halides is 3. The lowest BCUT2D eigenvalue weighted by Crippen LogP contribution is -2.07. The van der Waals surface area contributed by atoms with Crippen molar-refractivity contribution in [2.24, 2.45) is 0 Å². The van der Waals surface area contributed by atoms with Gasteiger partial charge in [-0.25, -0.2) is 0 Å². The van der Waals surface area contributed by atoms with Gasteiger partial charge in [-0.05, 0) is 24.3 Å². The third-order valence-corrected chi connectivity index (χ3v) is 2.93. The lowest BCUT2D eigenvalue weighted by Gasteiger charge is -2.16. The van der Waals surface area contributed by atoms with Gasteiger partial charge in [0.25, 0.3) is 0 Å². The molecular weight excluding hydrogens is 269 g/mol. The normalized spacial score (nSPS) is 11.2. The Bertz CT molecular complexity index is 606. The molecule has 0 fully saturated rings. The summed E-state index contributed by atoms with van der Waals surface area (Å²) >= 11 is 0. The summed E-state index contributed by atoms with van der Waals surface area (Å²) in [5.41, 5.74) is -0.307. The van der Waals surface area contributed by atoms with E-state index in [0.717, 1.165) is 6.07 Å². The Labute approximate surface area is 114 Å². The van der Waals surface area contributed by atoms with E-state index in [9.17, 15) is 13.2 Å². The van der Waals surface area contributed by atoms with Crippen LogP contribution in [0.25, 0.3) is 11.1 Å². The van der Waals surface area contributed by atoms with E-state index in [1.165, 1.54) is 26.4 Å². The molecule has 0 aliphatic carbocycles. The summed E-state index contributed by atoms with van der Waals surface area (Å²) in [7, 11) is 2.83. The lowest BCUT2D eigenvalue weighted by molar-refractivity contribution is -0.137. The average Bonchev–Trinajstić information content (AvgIpc) is 2.45. The average molecular weight is 282 g/mol. The zero-order chi connectivity index (χ0) is 14.8. The number of halogens is 3. The summed E-state index contributed by atoms with van der Waals surface area (Å²) in [6.07, 6.45) is -4.44. The second kappa shape index (κ2) is 5.45. The van der Waals surface area contributed by atoms with Crippen molar-refractivity contribution in [1.29, 1.82) is 0 Å². The van der Waals surface area contributed by atoms with Crippen LogP contribution in [0.5, 0.6) is 11.5 Å². The summed E-state index contributed by atoms with van der Waals surface area (Å²) in [4.78, 5) is 0. The van der Waals surface area contributed by atoms with E-state index in [1.54, 1.807) is 24.3 Å². The Kier molecular flexibility index (Phi) is 3.88. The molecule has 0 spiro atoms. The number of ether oxygens (including phenoxy) is 2. The Hall–Kier alpha value is -2.17. The van der Waals surface area contributed by atoms with Gasteiger partial charge in [0.2, 0.25) is 0 Å². The molecule has 0 aromatic heterocycles. The molecule has 0 saturated heterocycles. The fraction of sp³-hybridized carbons (Fsp3) is 0.200. The fourth-order valence-electron chi connectivity index (χ4n) is 1.99. The molecule has 0 bridgehead atoms. The monoisotopic (exact) mass is 282 g/mol. The van der Waals surface area contributed by atoms with Crippen LogP contribution in [-0.2, 0) is 6.18 Å². The van der Waals surface area contributed by atoms with E-state index < -0.39 is 11.7 Å². The zero-order valence-electron chi connectivity index (χ0n) is 11.0. The summed E-state index contributed by atoms with van der Waals surface area (Å²) < 4.78 is 49.5. The number of hydrogen-bond donors (Lipinski definition) is 0. The quantitative estimate of drug-likeness (QED) is 0.831. The highest BCUT2D eigenvalue weighted by molar-refractivity contribution is 5.75. The van der Waals surface area contributed by atoms with Gasteiger partial charge < -0.3 is 9.47 Å². The predicted molar refractivity (Wildman–Crippen MR) is 70.0 cm³/mol. The maximum absolute atomic E-state index is 13.1. The van der Waals surface area contributed by atoms with Gasteiger partial charge in [-0.2, -0.15) is 13.2 Å². The van der Waals surface area contributed by atoms with Crippen molar-refractivity contribution in [3.63, 3.8) is 0 Å². The van der Waals surface area contributed by atoms with Gasteiger partial charge in [-0.15, -0.1) is 0 Å². The smallest absolute Gasteiger partial charge is 0.417 e. The Morgan fingerprint density at radius 2 is 1.55 bits per heavy atom. The van der Waals surface area contributed by atoms with Gasteiger partial charge in [0.1, 0.15) is 11.5 Å². The van der Waals surface area contributed by atoms with Gasteiger partial charge in [0.05, 0.1) is 19.8 Å². The van der Waals surface area contributed by atoms with Crippen molar-refractivity contribution in [3.8, 4) is 22.6 Å². The van der Waals surface area contributed by atoms with Crippen LogP contribution in [0.3, 0.4) is 0 Å². The maximum Gasteiger partial charge on any atom is 0.417 e. The van der Waals surface area contributed by atoms with E-state index in [4.69, 9.17) is 9.47 Å². The highest BCUT2D eigenvalue weighted by atomic mass is 19.4. The summed E-state index contributed by atoms with van der Waals surface area (Å²) in [6.45, 7) is 0. The largest absolute Gasteiger partial charge is 0.497 e. The van der Waals surface area contributed by atoms with Crippen molar-refractivity contribution in [1.82, 2.24) is 0 Å². The second-order valence-corrected chi connectivity index (χ2v) is 4.11. The number of para-hydroxylation sites is 1. The van der Waals surface area contributed by atoms with Gasteiger partial charge >= 0.3 is 6.18 Å². The van der Waals surface area contributed by atoms with Gasteiger partial charge in [-0.1, -0.05) is 18.2 Å². The third kappa shape index (κ3) is 2.71. The van der Waals surface area contributed by atoms with Crippen molar-refractivity contribution in [2.45, 2.75) is 6.18 Å². The fourth-order valence-corrected chi connectivity index (χ4v) is 1.99. The first-order valence-electron chi connectivity index (χ1n) is 5.86. The molecule has 0 aliphatic rings. The number of benzene rings is 2. The van der Waals surface area contributed by atoms with E-state index in [1.807, 2.05) is 0 Å². The summed E-state index contributed by atoms with van der Waals surface area (Å²) in [5, 5.41) is 0. The summed E-state index contributed by atoms with van der Waals surface area (Å²) in [6, 6.07) is 10.2.